The number of likely N-dealkylation sites (tertiary alicyclic amines) is 1. The maximum atomic E-state index is 13.8. The molecule has 1 fully saturated rings. The van der Waals surface area contributed by atoms with Gasteiger partial charge in [-0.05, 0) is 39.4 Å². The minimum atomic E-state index is -0.325. The third kappa shape index (κ3) is 2.82. The molecular formula is C14H21FN2O. The van der Waals surface area contributed by atoms with E-state index in [1.807, 2.05) is 14.0 Å². The zero-order valence-electron chi connectivity index (χ0n) is 11.0. The Labute approximate surface area is 108 Å². The van der Waals surface area contributed by atoms with Crippen molar-refractivity contribution in [2.45, 2.75) is 31.8 Å². The summed E-state index contributed by atoms with van der Waals surface area (Å²) < 4.78 is 13.8. The summed E-state index contributed by atoms with van der Waals surface area (Å²) in [7, 11) is 1.97. The molecule has 0 amide bonds. The molecule has 0 saturated carbocycles. The fraction of sp³-hybridized carbons (Fsp3) is 0.571. The van der Waals surface area contributed by atoms with Crippen molar-refractivity contribution in [3.05, 3.63) is 29.6 Å². The lowest BCUT2D eigenvalue weighted by Gasteiger charge is -2.37. The number of aromatic hydroxyl groups is 1. The Morgan fingerprint density at radius 3 is 2.94 bits per heavy atom. The smallest absolute Gasteiger partial charge is 0.131 e. The molecule has 100 valence electrons. The summed E-state index contributed by atoms with van der Waals surface area (Å²) in [6.45, 7) is 3.96. The summed E-state index contributed by atoms with van der Waals surface area (Å²) in [5.41, 5.74) is 0.657. The van der Waals surface area contributed by atoms with Gasteiger partial charge in [-0.3, -0.25) is 4.90 Å². The maximum absolute atomic E-state index is 13.8. The molecule has 2 atom stereocenters. The number of phenolic OH excluding ortho intramolecular Hbond substituents is 1. The Morgan fingerprint density at radius 2 is 2.28 bits per heavy atom. The van der Waals surface area contributed by atoms with E-state index in [-0.39, 0.29) is 17.6 Å². The fourth-order valence-electron chi connectivity index (χ4n) is 2.65. The molecule has 0 radical (unpaired) electrons. The highest BCUT2D eigenvalue weighted by Gasteiger charge is 2.24. The van der Waals surface area contributed by atoms with Gasteiger partial charge in [0.15, 0.2) is 0 Å². The number of halogens is 1. The molecule has 0 spiro atoms. The van der Waals surface area contributed by atoms with Crippen molar-refractivity contribution in [1.29, 1.82) is 0 Å². The lowest BCUT2D eigenvalue weighted by Crippen LogP contribution is -2.45. The van der Waals surface area contributed by atoms with Crippen LogP contribution in [0, 0.1) is 5.82 Å². The van der Waals surface area contributed by atoms with Crippen LogP contribution in [0.25, 0.3) is 0 Å². The molecule has 2 N–H and O–H groups in total. The van der Waals surface area contributed by atoms with Crippen LogP contribution in [0.1, 0.15) is 31.4 Å². The first kappa shape index (κ1) is 13.3. The second kappa shape index (κ2) is 5.67. The van der Waals surface area contributed by atoms with Gasteiger partial charge in [0.05, 0.1) is 0 Å². The number of nitrogens with one attached hydrogen (secondary N) is 1. The van der Waals surface area contributed by atoms with Crippen molar-refractivity contribution in [1.82, 2.24) is 10.2 Å². The van der Waals surface area contributed by atoms with Gasteiger partial charge in [-0.2, -0.15) is 0 Å². The van der Waals surface area contributed by atoms with Gasteiger partial charge in [-0.15, -0.1) is 0 Å². The fourth-order valence-corrected chi connectivity index (χ4v) is 2.65. The van der Waals surface area contributed by atoms with Crippen LogP contribution in [-0.2, 0) is 0 Å². The first-order valence-corrected chi connectivity index (χ1v) is 6.51. The van der Waals surface area contributed by atoms with Gasteiger partial charge in [0.2, 0.25) is 0 Å². The Balaban J connectivity index is 2.12. The molecule has 18 heavy (non-hydrogen) atoms. The molecule has 1 aromatic carbocycles. The molecule has 2 unspecified atom stereocenters. The second-order valence-electron chi connectivity index (χ2n) is 5.00. The van der Waals surface area contributed by atoms with Crippen LogP contribution in [0.4, 0.5) is 4.39 Å². The van der Waals surface area contributed by atoms with Crippen LogP contribution >= 0.6 is 0 Å². The van der Waals surface area contributed by atoms with E-state index >= 15 is 0 Å². The van der Waals surface area contributed by atoms with Gasteiger partial charge in [0.25, 0.3) is 0 Å². The third-order valence-electron chi connectivity index (χ3n) is 3.84. The molecule has 1 heterocycles. The summed E-state index contributed by atoms with van der Waals surface area (Å²) in [6, 6.07) is 4.95. The van der Waals surface area contributed by atoms with E-state index in [0.717, 1.165) is 19.5 Å². The molecule has 0 bridgehead atoms. The van der Waals surface area contributed by atoms with Crippen LogP contribution in [0.2, 0.25) is 0 Å². The van der Waals surface area contributed by atoms with Crippen molar-refractivity contribution < 1.29 is 9.50 Å². The average molecular weight is 252 g/mol. The highest BCUT2D eigenvalue weighted by molar-refractivity contribution is 5.29. The molecule has 1 saturated heterocycles. The normalized spacial score (nSPS) is 22.9. The molecule has 1 aromatic rings. The van der Waals surface area contributed by atoms with E-state index in [1.165, 1.54) is 12.5 Å². The Bertz CT molecular complexity index is 411. The SMILES string of the molecule is CNC1CCCN(C(C)c2ccc(O)cc2F)C1. The number of phenols is 1. The molecule has 0 aliphatic carbocycles. The second-order valence-corrected chi connectivity index (χ2v) is 5.00. The van der Waals surface area contributed by atoms with E-state index in [9.17, 15) is 9.50 Å². The zero-order chi connectivity index (χ0) is 13.1. The number of piperidine rings is 1. The van der Waals surface area contributed by atoms with E-state index in [1.54, 1.807) is 12.1 Å². The summed E-state index contributed by atoms with van der Waals surface area (Å²) in [5, 5.41) is 12.5. The molecule has 1 aliphatic rings. The molecule has 1 aliphatic heterocycles. The summed E-state index contributed by atoms with van der Waals surface area (Å²) >= 11 is 0. The number of rotatable bonds is 3. The van der Waals surface area contributed by atoms with Crippen molar-refractivity contribution in [3.8, 4) is 5.75 Å². The quantitative estimate of drug-likeness (QED) is 0.866. The zero-order valence-corrected chi connectivity index (χ0v) is 11.0. The molecule has 0 aromatic heterocycles. The van der Waals surface area contributed by atoms with Gasteiger partial charge in [0.1, 0.15) is 11.6 Å². The first-order valence-electron chi connectivity index (χ1n) is 6.51. The summed E-state index contributed by atoms with van der Waals surface area (Å²) in [4.78, 5) is 2.29. The third-order valence-corrected chi connectivity index (χ3v) is 3.84. The predicted octanol–water partition coefficient (Wildman–Crippen LogP) is 2.28. The molecule has 4 heteroatoms. The highest BCUT2D eigenvalue weighted by Crippen LogP contribution is 2.27. The minimum absolute atomic E-state index is 0.0183. The lowest BCUT2D eigenvalue weighted by molar-refractivity contribution is 0.147. The first-order chi connectivity index (χ1) is 8.61. The topological polar surface area (TPSA) is 35.5 Å². The largest absolute Gasteiger partial charge is 0.508 e. The summed E-state index contributed by atoms with van der Waals surface area (Å²) in [6.07, 6.45) is 2.31. The van der Waals surface area contributed by atoms with Crippen LogP contribution in [0.3, 0.4) is 0 Å². The Hall–Kier alpha value is -1.13. The number of hydrogen-bond acceptors (Lipinski definition) is 3. The average Bonchev–Trinajstić information content (AvgIpc) is 2.38. The number of likely N-dealkylation sites (N-methyl/N-ethyl adjacent to an activating group) is 1. The van der Waals surface area contributed by atoms with Crippen molar-refractivity contribution in [2.24, 2.45) is 0 Å². The van der Waals surface area contributed by atoms with Gasteiger partial charge in [0, 0.05) is 30.3 Å². The number of benzene rings is 1. The van der Waals surface area contributed by atoms with Crippen molar-refractivity contribution in [2.75, 3.05) is 20.1 Å². The van der Waals surface area contributed by atoms with Crippen LogP contribution in [0.5, 0.6) is 5.75 Å². The van der Waals surface area contributed by atoms with Gasteiger partial charge in [-0.25, -0.2) is 4.39 Å². The Morgan fingerprint density at radius 1 is 1.50 bits per heavy atom. The predicted molar refractivity (Wildman–Crippen MR) is 70.1 cm³/mol. The highest BCUT2D eigenvalue weighted by atomic mass is 19.1. The van der Waals surface area contributed by atoms with Crippen molar-refractivity contribution in [3.63, 3.8) is 0 Å². The number of hydrogen-bond donors (Lipinski definition) is 2. The van der Waals surface area contributed by atoms with E-state index < -0.39 is 0 Å². The monoisotopic (exact) mass is 252 g/mol. The van der Waals surface area contributed by atoms with Gasteiger partial charge < -0.3 is 10.4 Å². The maximum Gasteiger partial charge on any atom is 0.131 e. The van der Waals surface area contributed by atoms with Crippen LogP contribution < -0.4 is 5.32 Å². The van der Waals surface area contributed by atoms with E-state index in [0.29, 0.717) is 11.6 Å². The van der Waals surface area contributed by atoms with Crippen molar-refractivity contribution >= 4 is 0 Å². The molecule has 2 rings (SSSR count). The Kier molecular flexibility index (Phi) is 4.19. The van der Waals surface area contributed by atoms with Gasteiger partial charge in [-0.1, -0.05) is 6.07 Å². The van der Waals surface area contributed by atoms with E-state index in [2.05, 4.69) is 10.2 Å². The van der Waals surface area contributed by atoms with E-state index in [4.69, 9.17) is 0 Å². The van der Waals surface area contributed by atoms with Gasteiger partial charge >= 0.3 is 0 Å². The minimum Gasteiger partial charge on any atom is -0.508 e. The number of nitrogens with zero attached hydrogens (tertiary/aromatic N) is 1. The van der Waals surface area contributed by atoms with Crippen LogP contribution in [-0.4, -0.2) is 36.2 Å². The molecule has 3 nitrogen and oxygen atoms in total. The standard InChI is InChI=1S/C14H21FN2O/c1-10(13-6-5-12(18)8-14(13)15)17-7-3-4-11(9-17)16-2/h5-6,8,10-11,16,18H,3-4,7,9H2,1-2H3. The molecular weight excluding hydrogens is 231 g/mol. The van der Waals surface area contributed by atoms with Crippen LogP contribution in [0.15, 0.2) is 18.2 Å². The lowest BCUT2D eigenvalue weighted by atomic mass is 10.00. The summed E-state index contributed by atoms with van der Waals surface area (Å²) in [5.74, 6) is -0.343.